The lowest BCUT2D eigenvalue weighted by molar-refractivity contribution is 0.0182. The van der Waals surface area contributed by atoms with E-state index in [9.17, 15) is 0 Å². The number of nitrogens with zero attached hydrogens (tertiary/aromatic N) is 2. The van der Waals surface area contributed by atoms with Crippen LogP contribution in [0.4, 0.5) is 0 Å². The van der Waals surface area contributed by atoms with Crippen molar-refractivity contribution < 1.29 is 4.74 Å². The Morgan fingerprint density at radius 1 is 1.22 bits per heavy atom. The van der Waals surface area contributed by atoms with Crippen molar-refractivity contribution in [1.29, 1.82) is 0 Å². The number of alkyl halides is 1. The standard InChI is InChI=1S/C14H27BrN2O/c1-12(2)13(9-15)10-16-4-3-14(11-16)17-5-7-18-8-6-17/h12-14H,3-11H2,1-2H3. The van der Waals surface area contributed by atoms with E-state index in [4.69, 9.17) is 4.74 Å². The highest BCUT2D eigenvalue weighted by Gasteiger charge is 2.29. The summed E-state index contributed by atoms with van der Waals surface area (Å²) in [5, 5.41) is 1.13. The Balaban J connectivity index is 1.77. The Labute approximate surface area is 120 Å². The van der Waals surface area contributed by atoms with Crippen molar-refractivity contribution in [2.45, 2.75) is 26.3 Å². The van der Waals surface area contributed by atoms with Gasteiger partial charge in [0, 0.05) is 37.6 Å². The number of hydrogen-bond acceptors (Lipinski definition) is 3. The maximum Gasteiger partial charge on any atom is 0.0594 e. The van der Waals surface area contributed by atoms with Crippen LogP contribution in [0.1, 0.15) is 20.3 Å². The van der Waals surface area contributed by atoms with Gasteiger partial charge in [-0.1, -0.05) is 29.8 Å². The molecule has 2 saturated heterocycles. The van der Waals surface area contributed by atoms with Gasteiger partial charge in [0.1, 0.15) is 0 Å². The van der Waals surface area contributed by atoms with Crippen molar-refractivity contribution in [3.05, 3.63) is 0 Å². The highest BCUT2D eigenvalue weighted by molar-refractivity contribution is 9.09. The van der Waals surface area contributed by atoms with Crippen LogP contribution in [0, 0.1) is 11.8 Å². The first kappa shape index (κ1) is 14.8. The van der Waals surface area contributed by atoms with Crippen molar-refractivity contribution in [2.75, 3.05) is 51.3 Å². The van der Waals surface area contributed by atoms with Gasteiger partial charge in [-0.05, 0) is 24.8 Å². The molecule has 0 saturated carbocycles. The molecule has 2 aliphatic rings. The lowest BCUT2D eigenvalue weighted by atomic mass is 9.98. The molecule has 0 radical (unpaired) electrons. The highest BCUT2D eigenvalue weighted by atomic mass is 79.9. The van der Waals surface area contributed by atoms with Gasteiger partial charge >= 0.3 is 0 Å². The third-order valence-electron chi connectivity index (χ3n) is 4.44. The summed E-state index contributed by atoms with van der Waals surface area (Å²) >= 11 is 3.66. The van der Waals surface area contributed by atoms with Crippen LogP contribution in [-0.4, -0.2) is 67.1 Å². The molecule has 2 fully saturated rings. The van der Waals surface area contributed by atoms with E-state index in [1.807, 2.05) is 0 Å². The predicted octanol–water partition coefficient (Wildman–Crippen LogP) is 2.06. The Kier molecular flexibility index (Phi) is 5.93. The van der Waals surface area contributed by atoms with E-state index in [0.29, 0.717) is 0 Å². The van der Waals surface area contributed by atoms with Gasteiger partial charge in [-0.2, -0.15) is 0 Å². The van der Waals surface area contributed by atoms with E-state index in [-0.39, 0.29) is 0 Å². The van der Waals surface area contributed by atoms with Crippen LogP contribution in [0.5, 0.6) is 0 Å². The smallest absolute Gasteiger partial charge is 0.0594 e. The Bertz CT molecular complexity index is 244. The molecule has 3 nitrogen and oxygen atoms in total. The first-order valence-corrected chi connectivity index (χ1v) is 8.43. The van der Waals surface area contributed by atoms with Gasteiger partial charge in [-0.25, -0.2) is 0 Å². The Morgan fingerprint density at radius 3 is 2.56 bits per heavy atom. The Hall–Kier alpha value is 0.360. The third-order valence-corrected chi connectivity index (χ3v) is 5.27. The van der Waals surface area contributed by atoms with E-state index in [0.717, 1.165) is 49.5 Å². The van der Waals surface area contributed by atoms with Crippen molar-refractivity contribution in [1.82, 2.24) is 9.80 Å². The lowest BCUT2D eigenvalue weighted by Gasteiger charge is -2.32. The zero-order valence-electron chi connectivity index (χ0n) is 11.8. The van der Waals surface area contributed by atoms with Crippen LogP contribution >= 0.6 is 15.9 Å². The van der Waals surface area contributed by atoms with Crippen LogP contribution in [0.25, 0.3) is 0 Å². The third kappa shape index (κ3) is 3.92. The molecule has 0 aromatic rings. The molecule has 0 amide bonds. The molecule has 106 valence electrons. The topological polar surface area (TPSA) is 15.7 Å². The van der Waals surface area contributed by atoms with E-state index >= 15 is 0 Å². The summed E-state index contributed by atoms with van der Waals surface area (Å²) in [5.41, 5.74) is 0. The van der Waals surface area contributed by atoms with Gasteiger partial charge in [0.05, 0.1) is 13.2 Å². The molecule has 2 atom stereocenters. The second-order valence-corrected chi connectivity index (χ2v) is 6.66. The minimum Gasteiger partial charge on any atom is -0.379 e. The maximum absolute atomic E-state index is 5.44. The van der Waals surface area contributed by atoms with Crippen LogP contribution in [0.3, 0.4) is 0 Å². The minimum absolute atomic E-state index is 0.770. The van der Waals surface area contributed by atoms with Gasteiger partial charge in [0.25, 0.3) is 0 Å². The number of hydrogen-bond donors (Lipinski definition) is 0. The molecule has 0 spiro atoms. The summed E-state index contributed by atoms with van der Waals surface area (Å²) in [6.07, 6.45) is 1.34. The summed E-state index contributed by atoms with van der Waals surface area (Å²) in [7, 11) is 0. The molecular weight excluding hydrogens is 292 g/mol. The summed E-state index contributed by atoms with van der Waals surface area (Å²) in [4.78, 5) is 5.29. The SMILES string of the molecule is CC(C)C(CBr)CN1CCC(N2CCOCC2)C1. The second kappa shape index (κ2) is 7.22. The van der Waals surface area contributed by atoms with Crippen LogP contribution in [0.2, 0.25) is 0 Å². The maximum atomic E-state index is 5.44. The predicted molar refractivity (Wildman–Crippen MR) is 79.4 cm³/mol. The largest absolute Gasteiger partial charge is 0.379 e. The van der Waals surface area contributed by atoms with Gasteiger partial charge in [0.2, 0.25) is 0 Å². The van der Waals surface area contributed by atoms with Crippen LogP contribution in [-0.2, 0) is 4.74 Å². The van der Waals surface area contributed by atoms with Gasteiger partial charge in [-0.3, -0.25) is 4.90 Å². The number of morpholine rings is 1. The fourth-order valence-corrected chi connectivity index (χ4v) is 3.94. The highest BCUT2D eigenvalue weighted by Crippen LogP contribution is 2.21. The molecule has 2 unspecified atom stereocenters. The number of rotatable bonds is 5. The molecule has 2 aliphatic heterocycles. The summed E-state index contributed by atoms with van der Waals surface area (Å²) in [6.45, 7) is 12.6. The monoisotopic (exact) mass is 318 g/mol. The molecule has 0 aromatic heterocycles. The number of halogens is 1. The fourth-order valence-electron chi connectivity index (χ4n) is 2.99. The molecular formula is C14H27BrN2O. The summed E-state index contributed by atoms with van der Waals surface area (Å²) in [6, 6.07) is 0.775. The van der Waals surface area contributed by atoms with Gasteiger partial charge in [0.15, 0.2) is 0 Å². The van der Waals surface area contributed by atoms with Gasteiger partial charge in [-0.15, -0.1) is 0 Å². The first-order valence-electron chi connectivity index (χ1n) is 7.30. The van der Waals surface area contributed by atoms with Crippen molar-refractivity contribution in [3.63, 3.8) is 0 Å². The molecule has 0 N–H and O–H groups in total. The molecule has 0 aromatic carbocycles. The van der Waals surface area contributed by atoms with E-state index in [2.05, 4.69) is 39.6 Å². The fraction of sp³-hybridized carbons (Fsp3) is 1.00. The average Bonchev–Trinajstić information content (AvgIpc) is 2.85. The second-order valence-electron chi connectivity index (χ2n) is 6.01. The lowest BCUT2D eigenvalue weighted by Crippen LogP contribution is -2.45. The van der Waals surface area contributed by atoms with Crippen molar-refractivity contribution >= 4 is 15.9 Å². The quantitative estimate of drug-likeness (QED) is 0.722. The average molecular weight is 319 g/mol. The van der Waals surface area contributed by atoms with Crippen molar-refractivity contribution in [3.8, 4) is 0 Å². The molecule has 18 heavy (non-hydrogen) atoms. The molecule has 0 aliphatic carbocycles. The zero-order valence-corrected chi connectivity index (χ0v) is 13.4. The first-order chi connectivity index (χ1) is 8.70. The summed E-state index contributed by atoms with van der Waals surface area (Å²) in [5.74, 6) is 1.56. The van der Waals surface area contributed by atoms with E-state index in [1.165, 1.54) is 26.1 Å². The zero-order chi connectivity index (χ0) is 13.0. The van der Waals surface area contributed by atoms with Crippen LogP contribution in [0.15, 0.2) is 0 Å². The molecule has 2 rings (SSSR count). The molecule has 4 heteroatoms. The number of likely N-dealkylation sites (tertiary alicyclic amines) is 1. The minimum atomic E-state index is 0.770. The number of ether oxygens (including phenoxy) is 1. The van der Waals surface area contributed by atoms with E-state index < -0.39 is 0 Å². The summed E-state index contributed by atoms with van der Waals surface area (Å²) < 4.78 is 5.44. The van der Waals surface area contributed by atoms with Crippen LogP contribution < -0.4 is 0 Å². The molecule has 0 bridgehead atoms. The van der Waals surface area contributed by atoms with E-state index in [1.54, 1.807) is 0 Å². The molecule has 2 heterocycles. The van der Waals surface area contributed by atoms with Gasteiger partial charge < -0.3 is 9.64 Å². The van der Waals surface area contributed by atoms with Crippen molar-refractivity contribution in [2.24, 2.45) is 11.8 Å². The normalized spacial score (nSPS) is 29.0. The Morgan fingerprint density at radius 2 is 1.94 bits per heavy atom.